The third-order valence-corrected chi connectivity index (χ3v) is 11.3. The Morgan fingerprint density at radius 2 is 0.923 bits per heavy atom. The highest BCUT2D eigenvalue weighted by Gasteiger charge is 2.25. The van der Waals surface area contributed by atoms with Crippen molar-refractivity contribution in [3.8, 4) is 0 Å². The maximum absolute atomic E-state index is 12.8. The average Bonchev–Trinajstić information content (AvgIpc) is 3.27. The minimum absolute atomic E-state index is 0.0283. The van der Waals surface area contributed by atoms with Crippen molar-refractivity contribution < 1.29 is 38.2 Å². The summed E-state index contributed by atoms with van der Waals surface area (Å²) in [6, 6.07) is -0.735. The van der Waals surface area contributed by atoms with Crippen molar-refractivity contribution >= 4 is 17.9 Å². The highest BCUT2D eigenvalue weighted by molar-refractivity contribution is 5.70. The molecule has 0 radical (unpaired) electrons. The molecule has 0 aromatic carbocycles. The Hall–Kier alpha value is -3.49. The zero-order valence-electron chi connectivity index (χ0n) is 42.4. The molecule has 0 aliphatic carbocycles. The standard InChI is InChI=1S/C57H97NO7/c1-6-8-10-12-14-16-18-20-22-24-26-27-28-29-30-32-34-36-38-40-42-44-46-48-56(60)65-53(51-63-50-49-54(57(61)62)58(3,4)5)52-64-55(59)47-45-43-41-39-37-35-33-31-25-23-21-19-17-15-13-11-9-7-2/h8,10,14,16,19-23,25-27,31,33,53-54H,6-7,9,11-13,15,17-18,24,28-30,32,34-52H2,1-5H3/b10-8+,16-14+,21-19+,22-20+,25-23+,27-26+,33-31+. The van der Waals surface area contributed by atoms with Crippen LogP contribution in [0.15, 0.2) is 85.1 Å². The van der Waals surface area contributed by atoms with Crippen LogP contribution in [-0.2, 0) is 28.6 Å². The molecule has 0 bridgehead atoms. The summed E-state index contributed by atoms with van der Waals surface area (Å²) in [6.45, 7) is 4.51. The number of carbonyl (C=O) groups excluding carboxylic acids is 3. The smallest absolute Gasteiger partial charge is 0.306 e. The quantitative estimate of drug-likeness (QED) is 0.0197. The topological polar surface area (TPSA) is 102 Å². The number of hydrogen-bond acceptors (Lipinski definition) is 7. The van der Waals surface area contributed by atoms with E-state index in [0.29, 0.717) is 12.8 Å². The molecule has 372 valence electrons. The van der Waals surface area contributed by atoms with Gasteiger partial charge in [-0.15, -0.1) is 0 Å². The lowest BCUT2D eigenvalue weighted by Crippen LogP contribution is -2.55. The Balaban J connectivity index is 4.29. The maximum atomic E-state index is 12.8. The van der Waals surface area contributed by atoms with Gasteiger partial charge in [0.1, 0.15) is 12.6 Å². The number of nitrogens with zero attached hydrogens (tertiary/aromatic N) is 1. The molecule has 0 spiro atoms. The van der Waals surface area contributed by atoms with Crippen LogP contribution in [0.2, 0.25) is 0 Å². The number of ether oxygens (including phenoxy) is 3. The van der Waals surface area contributed by atoms with Gasteiger partial charge in [-0.05, 0) is 77.0 Å². The van der Waals surface area contributed by atoms with Crippen molar-refractivity contribution in [2.45, 2.75) is 219 Å². The molecule has 0 aromatic rings. The van der Waals surface area contributed by atoms with Gasteiger partial charge >= 0.3 is 11.9 Å². The van der Waals surface area contributed by atoms with Crippen LogP contribution in [0, 0.1) is 0 Å². The molecule has 0 aromatic heterocycles. The van der Waals surface area contributed by atoms with Gasteiger partial charge in [-0.1, -0.05) is 195 Å². The molecular formula is C57H97NO7. The van der Waals surface area contributed by atoms with Gasteiger partial charge < -0.3 is 28.6 Å². The van der Waals surface area contributed by atoms with Crippen LogP contribution in [-0.4, -0.2) is 75.5 Å². The molecule has 8 heteroatoms. The number of hydrogen-bond donors (Lipinski definition) is 0. The molecule has 0 fully saturated rings. The fraction of sp³-hybridized carbons (Fsp3) is 0.702. The molecule has 0 N–H and O–H groups in total. The summed E-state index contributed by atoms with van der Waals surface area (Å²) in [7, 11) is 5.40. The number of aliphatic carboxylic acids is 1. The number of carboxylic acids is 1. The van der Waals surface area contributed by atoms with Crippen molar-refractivity contribution in [3.63, 3.8) is 0 Å². The van der Waals surface area contributed by atoms with E-state index in [4.69, 9.17) is 14.2 Å². The highest BCUT2D eigenvalue weighted by atomic mass is 16.6. The van der Waals surface area contributed by atoms with E-state index in [1.54, 1.807) is 21.1 Å². The van der Waals surface area contributed by atoms with Crippen LogP contribution >= 0.6 is 0 Å². The van der Waals surface area contributed by atoms with Crippen molar-refractivity contribution in [2.75, 3.05) is 41.0 Å². The van der Waals surface area contributed by atoms with Gasteiger partial charge in [0, 0.05) is 19.3 Å². The number of quaternary nitrogens is 1. The average molecular weight is 908 g/mol. The summed E-state index contributed by atoms with van der Waals surface area (Å²) >= 11 is 0. The monoisotopic (exact) mass is 908 g/mol. The van der Waals surface area contributed by atoms with Gasteiger partial charge in [0.25, 0.3) is 0 Å². The Labute approximate surface area is 399 Å². The molecule has 0 saturated heterocycles. The fourth-order valence-electron chi connectivity index (χ4n) is 7.30. The van der Waals surface area contributed by atoms with Gasteiger partial charge in [0.2, 0.25) is 0 Å². The SMILES string of the molecule is CC/C=C/C/C=C/C/C=C/C/C=C/CCCCCCCCCCCCC(=O)OC(COCCC(C(=O)[O-])[N+](C)(C)C)COC(=O)CCCCCCC/C=C/C=C/C=C/CCCCCCC. The molecule has 0 heterocycles. The molecule has 0 saturated carbocycles. The Kier molecular flexibility index (Phi) is 44.5. The third-order valence-electron chi connectivity index (χ3n) is 11.3. The highest BCUT2D eigenvalue weighted by Crippen LogP contribution is 2.14. The van der Waals surface area contributed by atoms with E-state index in [-0.39, 0.29) is 42.7 Å². The molecular weight excluding hydrogens is 811 g/mol. The number of carboxylic acid groups (broad SMARTS) is 1. The van der Waals surface area contributed by atoms with Gasteiger partial charge in [-0.2, -0.15) is 0 Å². The Morgan fingerprint density at radius 3 is 1.40 bits per heavy atom. The molecule has 2 atom stereocenters. The first-order valence-corrected chi connectivity index (χ1v) is 26.1. The minimum Gasteiger partial charge on any atom is -0.544 e. The first-order valence-electron chi connectivity index (χ1n) is 26.1. The lowest BCUT2D eigenvalue weighted by atomic mass is 10.0. The summed E-state index contributed by atoms with van der Waals surface area (Å²) < 4.78 is 17.2. The molecule has 0 rings (SSSR count). The van der Waals surface area contributed by atoms with Crippen LogP contribution in [0.3, 0.4) is 0 Å². The van der Waals surface area contributed by atoms with E-state index in [1.165, 1.54) is 77.0 Å². The largest absolute Gasteiger partial charge is 0.544 e. The van der Waals surface area contributed by atoms with Crippen LogP contribution in [0.1, 0.15) is 206 Å². The normalized spacial score (nSPS) is 13.6. The number of rotatable bonds is 46. The number of unbranched alkanes of at least 4 members (excludes halogenated alkanes) is 20. The van der Waals surface area contributed by atoms with Crippen LogP contribution in [0.25, 0.3) is 0 Å². The number of likely N-dealkylation sites (N-methyl/N-ethyl adjacent to an activating group) is 1. The predicted molar refractivity (Wildman–Crippen MR) is 272 cm³/mol. The van der Waals surface area contributed by atoms with E-state index < -0.39 is 18.1 Å². The summed E-state index contributed by atoms with van der Waals surface area (Å²) in [5.74, 6) is -1.77. The van der Waals surface area contributed by atoms with Gasteiger partial charge in [-0.25, -0.2) is 0 Å². The molecule has 8 nitrogen and oxygen atoms in total. The van der Waals surface area contributed by atoms with Crippen LogP contribution in [0.5, 0.6) is 0 Å². The molecule has 0 aliphatic heterocycles. The first kappa shape index (κ1) is 61.5. The maximum Gasteiger partial charge on any atom is 0.306 e. The van der Waals surface area contributed by atoms with Gasteiger partial charge in [0.15, 0.2) is 6.10 Å². The lowest BCUT2D eigenvalue weighted by molar-refractivity contribution is -0.889. The van der Waals surface area contributed by atoms with Crippen molar-refractivity contribution in [3.05, 3.63) is 85.1 Å². The van der Waals surface area contributed by atoms with E-state index >= 15 is 0 Å². The van der Waals surface area contributed by atoms with Gasteiger partial charge in [-0.3, -0.25) is 9.59 Å². The van der Waals surface area contributed by atoms with Crippen molar-refractivity contribution in [1.29, 1.82) is 0 Å². The molecule has 0 aliphatic rings. The van der Waals surface area contributed by atoms with E-state index in [0.717, 1.165) is 96.3 Å². The second-order valence-electron chi connectivity index (χ2n) is 18.4. The Bertz CT molecular complexity index is 1330. The zero-order chi connectivity index (χ0) is 47.7. The second kappa shape index (κ2) is 47.0. The summed E-state index contributed by atoms with van der Waals surface area (Å²) in [4.78, 5) is 37.1. The number of allylic oxidation sites excluding steroid dienone is 14. The van der Waals surface area contributed by atoms with E-state index in [1.807, 2.05) is 0 Å². The van der Waals surface area contributed by atoms with Gasteiger partial charge in [0.05, 0.1) is 40.3 Å². The van der Waals surface area contributed by atoms with Crippen molar-refractivity contribution in [2.24, 2.45) is 0 Å². The zero-order valence-corrected chi connectivity index (χ0v) is 42.4. The van der Waals surface area contributed by atoms with Crippen molar-refractivity contribution in [1.82, 2.24) is 0 Å². The number of esters is 2. The van der Waals surface area contributed by atoms with Crippen LogP contribution < -0.4 is 5.11 Å². The molecule has 65 heavy (non-hydrogen) atoms. The Morgan fingerprint density at radius 1 is 0.492 bits per heavy atom. The van der Waals surface area contributed by atoms with E-state index in [2.05, 4.69) is 98.9 Å². The summed E-state index contributed by atoms with van der Waals surface area (Å²) in [5, 5.41) is 11.7. The number of carbonyl (C=O) groups is 3. The predicted octanol–water partition coefficient (Wildman–Crippen LogP) is 13.9. The second-order valence-corrected chi connectivity index (χ2v) is 18.4. The van der Waals surface area contributed by atoms with Crippen LogP contribution in [0.4, 0.5) is 0 Å². The minimum atomic E-state index is -1.13. The molecule has 2 unspecified atom stereocenters. The van der Waals surface area contributed by atoms with E-state index in [9.17, 15) is 19.5 Å². The summed E-state index contributed by atoms with van der Waals surface area (Å²) in [6.07, 6.45) is 61.8. The fourth-order valence-corrected chi connectivity index (χ4v) is 7.30. The molecule has 0 amide bonds. The summed E-state index contributed by atoms with van der Waals surface area (Å²) in [5.41, 5.74) is 0. The first-order chi connectivity index (χ1) is 31.6. The third kappa shape index (κ3) is 45.5. The lowest BCUT2D eigenvalue weighted by Gasteiger charge is -2.34.